The minimum Gasteiger partial charge on any atom is -0.309 e. The summed E-state index contributed by atoms with van der Waals surface area (Å²) in [6.45, 7) is 2.74. The number of nitrogens with zero attached hydrogens (tertiary/aromatic N) is 2. The Bertz CT molecular complexity index is 995. The van der Waals surface area contributed by atoms with Gasteiger partial charge in [0.15, 0.2) is 0 Å². The van der Waals surface area contributed by atoms with Gasteiger partial charge in [-0.1, -0.05) is 30.3 Å². The van der Waals surface area contributed by atoms with Crippen molar-refractivity contribution in [2.24, 2.45) is 0 Å². The van der Waals surface area contributed by atoms with Crippen LogP contribution >= 0.6 is 0 Å². The Morgan fingerprint density at radius 2 is 1.69 bits per heavy atom. The fourth-order valence-corrected chi connectivity index (χ4v) is 3.20. The van der Waals surface area contributed by atoms with Gasteiger partial charge in [-0.2, -0.15) is 10.2 Å². The molecule has 26 heavy (non-hydrogen) atoms. The zero-order valence-electron chi connectivity index (χ0n) is 14.3. The van der Waals surface area contributed by atoms with Crippen LogP contribution in [0.5, 0.6) is 0 Å². The Morgan fingerprint density at radius 1 is 0.885 bits per heavy atom. The van der Waals surface area contributed by atoms with Gasteiger partial charge in [0.05, 0.1) is 11.4 Å². The molecule has 4 rings (SSSR count). The molecule has 0 amide bonds. The summed E-state index contributed by atoms with van der Waals surface area (Å²) >= 11 is 0. The zero-order chi connectivity index (χ0) is 18.1. The summed E-state index contributed by atoms with van der Waals surface area (Å²) in [7, 11) is 0. The molecule has 0 unspecified atom stereocenters. The Kier molecular flexibility index (Phi) is 4.31. The molecule has 2 aromatic carbocycles. The lowest BCUT2D eigenvalue weighted by Crippen LogP contribution is -2.13. The summed E-state index contributed by atoms with van der Waals surface area (Å²) in [4.78, 5) is 0. The van der Waals surface area contributed by atoms with E-state index in [0.717, 1.165) is 5.69 Å². The first kappa shape index (κ1) is 16.5. The minimum absolute atomic E-state index is 0.319. The normalized spacial score (nSPS) is 13.7. The molecule has 0 saturated heterocycles. The summed E-state index contributed by atoms with van der Waals surface area (Å²) in [5.74, 6) is -0.669. The predicted molar refractivity (Wildman–Crippen MR) is 97.3 cm³/mol. The van der Waals surface area contributed by atoms with E-state index in [4.69, 9.17) is 0 Å². The van der Waals surface area contributed by atoms with E-state index in [2.05, 4.69) is 15.5 Å². The molecule has 1 aliphatic rings. The molecule has 1 aromatic heterocycles. The third kappa shape index (κ3) is 2.91. The highest BCUT2D eigenvalue weighted by Crippen LogP contribution is 2.34. The van der Waals surface area contributed by atoms with Crippen LogP contribution in [0.25, 0.3) is 16.8 Å². The van der Waals surface area contributed by atoms with Crippen molar-refractivity contribution in [2.45, 2.75) is 13.5 Å². The molecule has 0 bridgehead atoms. The Morgan fingerprint density at radius 3 is 2.46 bits per heavy atom. The number of hydrogen-bond donors (Lipinski definition) is 1. The van der Waals surface area contributed by atoms with Gasteiger partial charge in [0, 0.05) is 29.8 Å². The number of fused-ring (bicyclic) bond motifs is 1. The number of rotatable bonds is 2. The molecule has 0 radical (unpaired) electrons. The highest BCUT2D eigenvalue weighted by molar-refractivity contribution is 5.83. The maximum absolute atomic E-state index is 15.3. The van der Waals surface area contributed by atoms with Crippen molar-refractivity contribution >= 4 is 5.57 Å². The van der Waals surface area contributed by atoms with Crippen LogP contribution in [0.4, 0.5) is 8.78 Å². The third-order valence-corrected chi connectivity index (χ3v) is 4.52. The summed E-state index contributed by atoms with van der Waals surface area (Å²) in [6, 6.07) is 13.6. The SMILES string of the molecule is Cc1ccc(-c2ccc3c(c2F)CNCC=C3c2ccccc2F)nn1. The summed E-state index contributed by atoms with van der Waals surface area (Å²) in [5, 5.41) is 11.3. The number of aryl methyl sites for hydroxylation is 1. The van der Waals surface area contributed by atoms with E-state index in [1.165, 1.54) is 6.07 Å². The average molecular weight is 349 g/mol. The number of hydrogen-bond acceptors (Lipinski definition) is 3. The highest BCUT2D eigenvalue weighted by atomic mass is 19.1. The van der Waals surface area contributed by atoms with Crippen LogP contribution < -0.4 is 5.32 Å². The fourth-order valence-electron chi connectivity index (χ4n) is 3.20. The first-order valence-electron chi connectivity index (χ1n) is 8.43. The lowest BCUT2D eigenvalue weighted by atomic mass is 9.91. The van der Waals surface area contributed by atoms with Gasteiger partial charge in [0.2, 0.25) is 0 Å². The molecule has 0 atom stereocenters. The third-order valence-electron chi connectivity index (χ3n) is 4.52. The maximum Gasteiger partial charge on any atom is 0.137 e. The molecule has 0 saturated carbocycles. The first-order valence-corrected chi connectivity index (χ1v) is 8.43. The van der Waals surface area contributed by atoms with E-state index in [1.807, 2.05) is 19.1 Å². The molecule has 1 aliphatic heterocycles. The number of benzene rings is 2. The van der Waals surface area contributed by atoms with Crippen LogP contribution in [0.15, 0.2) is 54.6 Å². The quantitative estimate of drug-likeness (QED) is 0.751. The second-order valence-electron chi connectivity index (χ2n) is 6.24. The van der Waals surface area contributed by atoms with Gasteiger partial charge in [0.1, 0.15) is 11.6 Å². The van der Waals surface area contributed by atoms with E-state index >= 15 is 4.39 Å². The zero-order valence-corrected chi connectivity index (χ0v) is 14.3. The monoisotopic (exact) mass is 349 g/mol. The van der Waals surface area contributed by atoms with Crippen molar-refractivity contribution in [1.29, 1.82) is 0 Å². The highest BCUT2D eigenvalue weighted by Gasteiger charge is 2.21. The van der Waals surface area contributed by atoms with Gasteiger partial charge in [-0.3, -0.25) is 0 Å². The molecule has 3 aromatic rings. The van der Waals surface area contributed by atoms with Crippen molar-refractivity contribution in [2.75, 3.05) is 6.54 Å². The standard InChI is InChI=1S/C21H17F2N3/c1-13-6-9-20(26-25-13)17-8-7-14-15(16-4-2-3-5-19(16)22)10-11-24-12-18(14)21(17)23/h2-10,24H,11-12H2,1H3. The number of aromatic nitrogens is 2. The second kappa shape index (κ2) is 6.77. The Labute approximate surface area is 150 Å². The van der Waals surface area contributed by atoms with E-state index in [1.54, 1.807) is 36.4 Å². The predicted octanol–water partition coefficient (Wildman–Crippen LogP) is 4.27. The lowest BCUT2D eigenvalue weighted by Gasteiger charge is -2.15. The first-order chi connectivity index (χ1) is 12.6. The molecule has 0 aliphatic carbocycles. The molecule has 5 heteroatoms. The van der Waals surface area contributed by atoms with Crippen LogP contribution in [-0.4, -0.2) is 16.7 Å². The molecule has 3 nitrogen and oxygen atoms in total. The van der Waals surface area contributed by atoms with E-state index in [-0.39, 0.29) is 11.6 Å². The molecule has 130 valence electrons. The largest absolute Gasteiger partial charge is 0.309 e. The summed E-state index contributed by atoms with van der Waals surface area (Å²) < 4.78 is 29.6. The molecule has 2 heterocycles. The van der Waals surface area contributed by atoms with E-state index in [0.29, 0.717) is 46.6 Å². The van der Waals surface area contributed by atoms with Gasteiger partial charge >= 0.3 is 0 Å². The van der Waals surface area contributed by atoms with Crippen molar-refractivity contribution in [1.82, 2.24) is 15.5 Å². The smallest absolute Gasteiger partial charge is 0.137 e. The van der Waals surface area contributed by atoms with Crippen molar-refractivity contribution in [3.8, 4) is 11.3 Å². The van der Waals surface area contributed by atoms with Crippen LogP contribution in [0.3, 0.4) is 0 Å². The molecule has 0 fully saturated rings. The molecular weight excluding hydrogens is 332 g/mol. The molecular formula is C21H17F2N3. The maximum atomic E-state index is 15.3. The lowest BCUT2D eigenvalue weighted by molar-refractivity contribution is 0.599. The van der Waals surface area contributed by atoms with Crippen molar-refractivity contribution in [3.05, 3.63) is 88.6 Å². The van der Waals surface area contributed by atoms with Crippen molar-refractivity contribution in [3.63, 3.8) is 0 Å². The number of nitrogens with one attached hydrogen (secondary N) is 1. The van der Waals surface area contributed by atoms with E-state index < -0.39 is 0 Å². The summed E-state index contributed by atoms with van der Waals surface area (Å²) in [5.41, 5.74) is 4.03. The molecule has 0 spiro atoms. The van der Waals surface area contributed by atoms with Gasteiger partial charge in [-0.05, 0) is 42.3 Å². The molecule has 1 N–H and O–H groups in total. The fraction of sp³-hybridized carbons (Fsp3) is 0.143. The van der Waals surface area contributed by atoms with Crippen molar-refractivity contribution < 1.29 is 8.78 Å². The average Bonchev–Trinajstić information content (AvgIpc) is 2.87. The van der Waals surface area contributed by atoms with Gasteiger partial charge in [-0.15, -0.1) is 0 Å². The topological polar surface area (TPSA) is 37.8 Å². The minimum atomic E-state index is -0.350. The number of halogens is 2. The van der Waals surface area contributed by atoms with E-state index in [9.17, 15) is 4.39 Å². The van der Waals surface area contributed by atoms with Gasteiger partial charge in [0.25, 0.3) is 0 Å². The Hall–Kier alpha value is -2.92. The summed E-state index contributed by atoms with van der Waals surface area (Å²) in [6.07, 6.45) is 1.90. The van der Waals surface area contributed by atoms with Crippen LogP contribution in [0.1, 0.15) is 22.4 Å². The van der Waals surface area contributed by atoms with Gasteiger partial charge < -0.3 is 5.32 Å². The van der Waals surface area contributed by atoms with Gasteiger partial charge in [-0.25, -0.2) is 8.78 Å². The second-order valence-corrected chi connectivity index (χ2v) is 6.24. The van der Waals surface area contributed by atoms with Crippen LogP contribution in [0.2, 0.25) is 0 Å². The Balaban J connectivity index is 1.87. The van der Waals surface area contributed by atoms with Crippen LogP contribution in [0, 0.1) is 18.6 Å². The van der Waals surface area contributed by atoms with Crippen LogP contribution in [-0.2, 0) is 6.54 Å².